The lowest BCUT2D eigenvalue weighted by Crippen LogP contribution is -1.93. The summed E-state index contributed by atoms with van der Waals surface area (Å²) in [5.41, 5.74) is 0. The Labute approximate surface area is 47.9 Å². The fourth-order valence-corrected chi connectivity index (χ4v) is 0.105. The monoisotopic (exact) mass is 121 g/mol. The average Bonchev–Trinajstić information content (AvgIpc) is 1.65. The van der Waals surface area contributed by atoms with E-state index in [0.717, 1.165) is 0 Å². The van der Waals surface area contributed by atoms with Crippen molar-refractivity contribution in [3.05, 3.63) is 5.75 Å². The third-order valence-electron chi connectivity index (χ3n) is 0.292. The van der Waals surface area contributed by atoms with Crippen LogP contribution in [0.25, 0.3) is 0 Å². The van der Waals surface area contributed by atoms with Crippen LogP contribution in [0.1, 0.15) is 0 Å². The molecule has 0 saturated carbocycles. The zero-order valence-electron chi connectivity index (χ0n) is 3.03. The highest BCUT2D eigenvalue weighted by Crippen LogP contribution is 1.96. The van der Waals surface area contributed by atoms with Crippen molar-refractivity contribution >= 4 is 31.5 Å². The molecule has 0 bridgehead atoms. The first-order chi connectivity index (χ1) is 2.81. The van der Waals surface area contributed by atoms with E-state index in [1.165, 1.54) is 5.75 Å². The molecule has 0 fully saturated rings. The first-order valence-corrected chi connectivity index (χ1v) is 2.45. The molecule has 0 aliphatic rings. The Morgan fingerprint density at radius 3 is 2.17 bits per heavy atom. The van der Waals surface area contributed by atoms with Crippen molar-refractivity contribution in [2.45, 2.75) is 5.25 Å². The van der Waals surface area contributed by atoms with Gasteiger partial charge in [-0.15, -0.1) is 0 Å². The van der Waals surface area contributed by atoms with Gasteiger partial charge in [0.25, 0.3) is 0 Å². The van der Waals surface area contributed by atoms with Gasteiger partial charge in [-0.3, -0.25) is 0 Å². The van der Waals surface area contributed by atoms with Crippen LogP contribution >= 0.6 is 25.3 Å². The van der Waals surface area contributed by atoms with Crippen molar-refractivity contribution in [1.82, 2.24) is 0 Å². The molecule has 6 heavy (non-hydrogen) atoms. The van der Waals surface area contributed by atoms with Crippen molar-refractivity contribution in [1.29, 1.82) is 0 Å². The summed E-state index contributed by atoms with van der Waals surface area (Å²) in [7, 11) is 0. The van der Waals surface area contributed by atoms with E-state index < -0.39 is 0 Å². The van der Waals surface area contributed by atoms with Crippen molar-refractivity contribution in [3.8, 4) is 0 Å². The standard InChI is InChI=1S/C3H5OS2/c4-1-3(6)2-5/h1-3,5-6H. The Kier molecular flexibility index (Phi) is 3.78. The van der Waals surface area contributed by atoms with Crippen LogP contribution in [0.5, 0.6) is 0 Å². The number of hydrogen-bond acceptors (Lipinski definition) is 3. The third kappa shape index (κ3) is 2.60. The van der Waals surface area contributed by atoms with Crippen LogP contribution in [-0.2, 0) is 4.79 Å². The molecule has 0 aliphatic carbocycles. The number of aldehydes is 1. The minimum absolute atomic E-state index is 0.312. The second kappa shape index (κ2) is 3.56. The zero-order chi connectivity index (χ0) is 4.99. The predicted octanol–water partition coefficient (Wildman–Crippen LogP) is 0.575. The van der Waals surface area contributed by atoms with E-state index in [1.54, 1.807) is 0 Å². The molecule has 0 saturated heterocycles. The molecule has 0 amide bonds. The molecule has 35 valence electrons. The summed E-state index contributed by atoms with van der Waals surface area (Å²) in [5.74, 6) is 1.41. The molecule has 0 heterocycles. The number of carbonyl (C=O) groups is 1. The van der Waals surface area contributed by atoms with Gasteiger partial charge >= 0.3 is 0 Å². The fourth-order valence-electron chi connectivity index (χ4n) is 0.0351. The van der Waals surface area contributed by atoms with Gasteiger partial charge in [0.2, 0.25) is 0 Å². The lowest BCUT2D eigenvalue weighted by Gasteiger charge is -1.87. The molecular weight excluding hydrogens is 116 g/mol. The molecule has 1 nitrogen and oxygen atoms in total. The van der Waals surface area contributed by atoms with Crippen LogP contribution in [0.2, 0.25) is 0 Å². The molecule has 1 atom stereocenters. The molecule has 0 rings (SSSR count). The van der Waals surface area contributed by atoms with Crippen LogP contribution in [0, 0.1) is 5.75 Å². The smallest absolute Gasteiger partial charge is 0.133 e. The van der Waals surface area contributed by atoms with Crippen LogP contribution in [-0.4, -0.2) is 11.5 Å². The summed E-state index contributed by atoms with van der Waals surface area (Å²) >= 11 is 7.39. The summed E-state index contributed by atoms with van der Waals surface area (Å²) in [6.07, 6.45) is 0.704. The highest BCUT2D eigenvalue weighted by molar-refractivity contribution is 7.86. The summed E-state index contributed by atoms with van der Waals surface area (Å²) < 4.78 is 0. The van der Waals surface area contributed by atoms with E-state index >= 15 is 0 Å². The lowest BCUT2D eigenvalue weighted by molar-refractivity contribution is -0.106. The topological polar surface area (TPSA) is 17.1 Å². The molecule has 3 heteroatoms. The molecule has 0 N–H and O–H groups in total. The SMILES string of the molecule is O=CC(S)[CH]S. The summed E-state index contributed by atoms with van der Waals surface area (Å²) in [6.45, 7) is 0. The molecule has 0 aliphatic heterocycles. The van der Waals surface area contributed by atoms with Crippen molar-refractivity contribution in [3.63, 3.8) is 0 Å². The molecule has 0 aromatic heterocycles. The van der Waals surface area contributed by atoms with Crippen molar-refractivity contribution in [2.75, 3.05) is 0 Å². The first-order valence-electron chi connectivity index (χ1n) is 1.42. The molecule has 1 unspecified atom stereocenters. The summed E-state index contributed by atoms with van der Waals surface area (Å²) in [4.78, 5) is 9.58. The van der Waals surface area contributed by atoms with Gasteiger partial charge in [-0.2, -0.15) is 25.3 Å². The van der Waals surface area contributed by atoms with E-state index in [0.29, 0.717) is 6.29 Å². The summed E-state index contributed by atoms with van der Waals surface area (Å²) in [6, 6.07) is 0. The quantitative estimate of drug-likeness (QED) is 0.403. The van der Waals surface area contributed by atoms with Gasteiger partial charge in [-0.05, 0) is 0 Å². The fraction of sp³-hybridized carbons (Fsp3) is 0.333. The Hall–Kier alpha value is 0.370. The van der Waals surface area contributed by atoms with Crippen LogP contribution < -0.4 is 0 Å². The number of thiol groups is 2. The van der Waals surface area contributed by atoms with E-state index in [9.17, 15) is 4.79 Å². The maximum Gasteiger partial charge on any atom is 0.133 e. The second-order valence-corrected chi connectivity index (χ2v) is 1.67. The van der Waals surface area contributed by atoms with Gasteiger partial charge in [0, 0.05) is 5.75 Å². The van der Waals surface area contributed by atoms with Gasteiger partial charge < -0.3 is 4.79 Å². The minimum Gasteiger partial charge on any atom is -0.302 e. The third-order valence-corrected chi connectivity index (χ3v) is 1.12. The predicted molar refractivity (Wildman–Crippen MR) is 32.1 cm³/mol. The van der Waals surface area contributed by atoms with E-state index in [-0.39, 0.29) is 5.25 Å². The average molecular weight is 121 g/mol. The zero-order valence-corrected chi connectivity index (χ0v) is 4.82. The summed E-state index contributed by atoms with van der Waals surface area (Å²) in [5, 5.41) is -0.312. The lowest BCUT2D eigenvalue weighted by atomic mass is 10.5. The van der Waals surface area contributed by atoms with E-state index in [2.05, 4.69) is 25.3 Å². The number of rotatable bonds is 2. The Bertz CT molecular complexity index is 46.1. The second-order valence-electron chi connectivity index (χ2n) is 0.776. The van der Waals surface area contributed by atoms with Gasteiger partial charge in [-0.1, -0.05) is 0 Å². The van der Waals surface area contributed by atoms with Crippen LogP contribution in [0.4, 0.5) is 0 Å². The number of hydrogen-bond donors (Lipinski definition) is 2. The molecular formula is C3H5OS2. The van der Waals surface area contributed by atoms with Crippen LogP contribution in [0.3, 0.4) is 0 Å². The Morgan fingerprint density at radius 2 is 2.17 bits per heavy atom. The first kappa shape index (κ1) is 6.37. The number of carbonyl (C=O) groups excluding carboxylic acids is 1. The van der Waals surface area contributed by atoms with E-state index in [1.807, 2.05) is 0 Å². The maximum absolute atomic E-state index is 9.58. The van der Waals surface area contributed by atoms with E-state index in [4.69, 9.17) is 0 Å². The van der Waals surface area contributed by atoms with Crippen molar-refractivity contribution < 1.29 is 4.79 Å². The van der Waals surface area contributed by atoms with Gasteiger partial charge in [0.05, 0.1) is 5.25 Å². The highest BCUT2D eigenvalue weighted by atomic mass is 32.1. The van der Waals surface area contributed by atoms with Crippen LogP contribution in [0.15, 0.2) is 0 Å². The maximum atomic E-state index is 9.58. The van der Waals surface area contributed by atoms with Gasteiger partial charge in [0.1, 0.15) is 6.29 Å². The molecule has 0 spiro atoms. The highest BCUT2D eigenvalue weighted by Gasteiger charge is 1.91. The molecule has 1 radical (unpaired) electrons. The largest absolute Gasteiger partial charge is 0.302 e. The van der Waals surface area contributed by atoms with Gasteiger partial charge in [0.15, 0.2) is 0 Å². The van der Waals surface area contributed by atoms with Gasteiger partial charge in [-0.25, -0.2) is 0 Å². The Morgan fingerprint density at radius 1 is 1.67 bits per heavy atom. The normalized spacial score (nSPS) is 13.7. The molecule has 0 aromatic rings. The Balaban J connectivity index is 2.96. The molecule has 0 aromatic carbocycles. The van der Waals surface area contributed by atoms with Crippen molar-refractivity contribution in [2.24, 2.45) is 0 Å². The minimum atomic E-state index is -0.312.